The minimum absolute atomic E-state index is 0.847. The number of hydrogen-bond donors (Lipinski definition) is 0. The molecular weight excluding hydrogens is 255 g/mol. The smallest absolute Gasteiger partial charge is 0.172 e. The van der Waals surface area contributed by atoms with E-state index in [1.165, 1.54) is 6.33 Å². The summed E-state index contributed by atoms with van der Waals surface area (Å²) in [4.78, 5) is 12.2. The highest BCUT2D eigenvalue weighted by molar-refractivity contribution is 14.1. The van der Waals surface area contributed by atoms with Crippen LogP contribution in [-0.2, 0) is 0 Å². The van der Waals surface area contributed by atoms with E-state index in [1.54, 1.807) is 6.20 Å². The fourth-order valence-corrected chi connectivity index (χ4v) is 1.40. The molecule has 0 N–H and O–H groups in total. The Kier molecular flexibility index (Phi) is 1.52. The second kappa shape index (κ2) is 2.40. The van der Waals surface area contributed by atoms with Crippen LogP contribution in [0.25, 0.3) is 11.2 Å². The first-order chi connectivity index (χ1) is 5.29. The maximum atomic E-state index is 4.24. The van der Waals surface area contributed by atoms with Gasteiger partial charge in [-0.2, -0.15) is 0 Å². The third kappa shape index (κ3) is 0.991. The summed E-state index contributed by atoms with van der Waals surface area (Å²) in [7, 11) is 0. The van der Waals surface area contributed by atoms with Crippen LogP contribution in [0.15, 0.2) is 12.5 Å². The van der Waals surface area contributed by atoms with E-state index in [4.69, 9.17) is 0 Å². The Labute approximate surface area is 77.2 Å². The molecule has 2 heterocycles. The average Bonchev–Trinajstić information content (AvgIpc) is 2.30. The maximum absolute atomic E-state index is 4.24. The van der Waals surface area contributed by atoms with Crippen LogP contribution in [0.1, 0.15) is 5.82 Å². The molecule has 0 fully saturated rings. The zero-order valence-electron chi connectivity index (χ0n) is 5.82. The minimum Gasteiger partial charge on any atom is -0.252 e. The van der Waals surface area contributed by atoms with Crippen LogP contribution >= 0.6 is 22.9 Å². The van der Waals surface area contributed by atoms with Gasteiger partial charge >= 0.3 is 0 Å². The lowest BCUT2D eigenvalue weighted by molar-refractivity contribution is 1.13. The van der Waals surface area contributed by atoms with Gasteiger partial charge < -0.3 is 0 Å². The number of hydrogen-bond acceptors (Lipinski definition) is 3. The molecule has 0 aliphatic rings. The molecule has 11 heavy (non-hydrogen) atoms. The van der Waals surface area contributed by atoms with Gasteiger partial charge in [0.05, 0.1) is 29.1 Å². The summed E-state index contributed by atoms with van der Waals surface area (Å²) in [6, 6.07) is 0. The molecule has 0 bridgehead atoms. The van der Waals surface area contributed by atoms with E-state index in [2.05, 4.69) is 37.8 Å². The van der Waals surface area contributed by atoms with Crippen molar-refractivity contribution >= 4 is 34.0 Å². The summed E-state index contributed by atoms with van der Waals surface area (Å²) in [5.41, 5.74) is 1.72. The van der Waals surface area contributed by atoms with Crippen molar-refractivity contribution in [3.63, 3.8) is 0 Å². The molecule has 0 aliphatic carbocycles. The lowest BCUT2D eigenvalue weighted by Crippen LogP contribution is -1.84. The summed E-state index contributed by atoms with van der Waals surface area (Å²) in [6.45, 7) is 1.94. The van der Waals surface area contributed by atoms with Crippen LogP contribution in [0.4, 0.5) is 0 Å². The van der Waals surface area contributed by atoms with Crippen molar-refractivity contribution in [2.45, 2.75) is 6.92 Å². The quantitative estimate of drug-likeness (QED) is 0.671. The number of rotatable bonds is 0. The van der Waals surface area contributed by atoms with Crippen molar-refractivity contribution < 1.29 is 0 Å². The number of fused-ring (bicyclic) bond motifs is 1. The number of nitrogens with zero attached hydrogens (tertiary/aromatic N) is 4. The molecule has 0 saturated heterocycles. The zero-order valence-corrected chi connectivity index (χ0v) is 7.98. The first kappa shape index (κ1) is 6.96. The molecule has 2 rings (SSSR count). The average molecular weight is 260 g/mol. The molecule has 4 nitrogen and oxygen atoms in total. The SMILES string of the molecule is Cc1nc2cncnc2n1I. The Hall–Kier alpha value is -0.720. The van der Waals surface area contributed by atoms with Gasteiger partial charge in [0.15, 0.2) is 5.65 Å². The largest absolute Gasteiger partial charge is 0.252 e. The highest BCUT2D eigenvalue weighted by atomic mass is 127. The van der Waals surface area contributed by atoms with E-state index in [0.717, 1.165) is 17.0 Å². The van der Waals surface area contributed by atoms with E-state index in [1.807, 2.05) is 9.70 Å². The summed E-state index contributed by atoms with van der Waals surface area (Å²) >= 11 is 2.16. The molecule has 0 unspecified atom stereocenters. The fraction of sp³-hybridized carbons (Fsp3) is 0.167. The molecular formula is C6H5IN4. The fourth-order valence-electron chi connectivity index (χ4n) is 0.917. The molecule has 0 aliphatic heterocycles. The number of imidazole rings is 1. The molecule has 2 aromatic heterocycles. The van der Waals surface area contributed by atoms with Gasteiger partial charge in [0.25, 0.3) is 0 Å². The first-order valence-corrected chi connectivity index (χ1v) is 4.07. The Morgan fingerprint density at radius 2 is 2.36 bits per heavy atom. The lowest BCUT2D eigenvalue weighted by Gasteiger charge is -1.89. The highest BCUT2D eigenvalue weighted by Crippen LogP contribution is 2.13. The van der Waals surface area contributed by atoms with Crippen molar-refractivity contribution in [3.05, 3.63) is 18.3 Å². The van der Waals surface area contributed by atoms with Crippen LogP contribution in [0.3, 0.4) is 0 Å². The van der Waals surface area contributed by atoms with Crippen molar-refractivity contribution in [2.24, 2.45) is 0 Å². The molecule has 2 aromatic rings. The van der Waals surface area contributed by atoms with Gasteiger partial charge in [0.1, 0.15) is 17.7 Å². The maximum Gasteiger partial charge on any atom is 0.172 e. The zero-order chi connectivity index (χ0) is 7.84. The van der Waals surface area contributed by atoms with Gasteiger partial charge in [-0.15, -0.1) is 0 Å². The van der Waals surface area contributed by atoms with Gasteiger partial charge in [0, 0.05) is 0 Å². The monoisotopic (exact) mass is 260 g/mol. The Morgan fingerprint density at radius 1 is 1.55 bits per heavy atom. The molecule has 0 radical (unpaired) electrons. The second-order valence-corrected chi connectivity index (χ2v) is 3.14. The van der Waals surface area contributed by atoms with Gasteiger partial charge in [-0.3, -0.25) is 2.78 Å². The van der Waals surface area contributed by atoms with E-state index >= 15 is 0 Å². The van der Waals surface area contributed by atoms with E-state index in [-0.39, 0.29) is 0 Å². The van der Waals surface area contributed by atoms with Crippen LogP contribution in [0, 0.1) is 6.92 Å². The number of aromatic nitrogens is 4. The lowest BCUT2D eigenvalue weighted by atomic mass is 10.6. The van der Waals surface area contributed by atoms with E-state index in [0.29, 0.717) is 0 Å². The summed E-state index contributed by atoms with van der Waals surface area (Å²) in [5.74, 6) is 0.945. The van der Waals surface area contributed by atoms with Crippen molar-refractivity contribution in [3.8, 4) is 0 Å². The van der Waals surface area contributed by atoms with Gasteiger partial charge in [0.2, 0.25) is 0 Å². The number of aryl methyl sites for hydroxylation is 1. The molecule has 0 spiro atoms. The molecule has 5 heteroatoms. The van der Waals surface area contributed by atoms with Crippen LogP contribution in [-0.4, -0.2) is 17.7 Å². The Balaban J connectivity index is 2.92. The third-order valence-electron chi connectivity index (χ3n) is 1.42. The predicted octanol–water partition coefficient (Wildman–Crippen LogP) is 1.33. The van der Waals surface area contributed by atoms with Gasteiger partial charge in [-0.1, -0.05) is 0 Å². The molecule has 0 amide bonds. The first-order valence-electron chi connectivity index (χ1n) is 3.10. The number of halogens is 1. The summed E-state index contributed by atoms with van der Waals surface area (Å²) in [6.07, 6.45) is 3.24. The van der Waals surface area contributed by atoms with Crippen LogP contribution < -0.4 is 0 Å². The third-order valence-corrected chi connectivity index (χ3v) is 2.58. The van der Waals surface area contributed by atoms with Gasteiger partial charge in [-0.05, 0) is 6.92 Å². The normalized spacial score (nSPS) is 10.7. The minimum atomic E-state index is 0.847. The van der Waals surface area contributed by atoms with E-state index < -0.39 is 0 Å². The summed E-state index contributed by atoms with van der Waals surface area (Å²) < 4.78 is 1.91. The standard InChI is InChI=1S/C6H5IN4/c1-4-10-5-2-8-3-9-6(5)11(4)7/h2-3H,1H3. The van der Waals surface area contributed by atoms with E-state index in [9.17, 15) is 0 Å². The molecule has 0 saturated carbocycles. The predicted molar refractivity (Wildman–Crippen MR) is 49.5 cm³/mol. The Morgan fingerprint density at radius 3 is 3.09 bits per heavy atom. The molecule has 0 atom stereocenters. The Bertz CT molecular complexity index is 394. The van der Waals surface area contributed by atoms with Crippen LogP contribution in [0.2, 0.25) is 0 Å². The van der Waals surface area contributed by atoms with Crippen molar-refractivity contribution in [2.75, 3.05) is 0 Å². The molecule has 56 valence electrons. The van der Waals surface area contributed by atoms with Crippen LogP contribution in [0.5, 0.6) is 0 Å². The second-order valence-electron chi connectivity index (χ2n) is 2.17. The van der Waals surface area contributed by atoms with Crippen molar-refractivity contribution in [1.29, 1.82) is 0 Å². The molecule has 0 aromatic carbocycles. The van der Waals surface area contributed by atoms with Crippen molar-refractivity contribution in [1.82, 2.24) is 17.7 Å². The van der Waals surface area contributed by atoms with Gasteiger partial charge in [-0.25, -0.2) is 15.0 Å². The topological polar surface area (TPSA) is 43.6 Å². The summed E-state index contributed by atoms with van der Waals surface area (Å²) in [5, 5.41) is 0. The highest BCUT2D eigenvalue weighted by Gasteiger charge is 2.04.